The van der Waals surface area contributed by atoms with Crippen molar-refractivity contribution >= 4 is 17.6 Å². The van der Waals surface area contributed by atoms with Gasteiger partial charge in [-0.1, -0.05) is 44.2 Å². The number of hydrogen-bond donors (Lipinski definition) is 2. The minimum Gasteiger partial charge on any atom is -0.489 e. The number of carbonyl (C=O) groups is 2. The average molecular weight is 427 g/mol. The molecular formula is C24H30N2O5. The van der Waals surface area contributed by atoms with Gasteiger partial charge in [0, 0.05) is 13.0 Å². The van der Waals surface area contributed by atoms with Crippen LogP contribution in [0, 0.1) is 5.92 Å². The molecule has 0 aliphatic carbocycles. The highest BCUT2D eigenvalue weighted by Gasteiger charge is 2.36. The van der Waals surface area contributed by atoms with Crippen LogP contribution in [0.25, 0.3) is 0 Å². The van der Waals surface area contributed by atoms with Crippen LogP contribution in [-0.2, 0) is 16.1 Å². The lowest BCUT2D eigenvalue weighted by atomic mass is 10.1. The molecule has 1 aliphatic rings. The average Bonchev–Trinajstić information content (AvgIpc) is 3.15. The molecule has 0 aromatic heterocycles. The molecule has 1 amide bonds. The predicted octanol–water partition coefficient (Wildman–Crippen LogP) is 3.58. The summed E-state index contributed by atoms with van der Waals surface area (Å²) in [7, 11) is 0. The Hall–Kier alpha value is -3.06. The molecule has 1 aliphatic heterocycles. The SMILES string of the molecule is CC(C)CC(=O)N1CC(OCc2ccccc2)CC1COc1ccc(C(=O)O)cc1N. The van der Waals surface area contributed by atoms with E-state index in [2.05, 4.69) is 0 Å². The van der Waals surface area contributed by atoms with Crippen LogP contribution in [0.3, 0.4) is 0 Å². The number of nitrogens with two attached hydrogens (primary N) is 1. The lowest BCUT2D eigenvalue weighted by Crippen LogP contribution is -2.39. The number of nitrogens with zero attached hydrogens (tertiary/aromatic N) is 1. The van der Waals surface area contributed by atoms with Gasteiger partial charge < -0.3 is 25.2 Å². The van der Waals surface area contributed by atoms with E-state index in [0.29, 0.717) is 31.7 Å². The Balaban J connectivity index is 1.64. The van der Waals surface area contributed by atoms with Gasteiger partial charge in [-0.05, 0) is 36.1 Å². The molecule has 31 heavy (non-hydrogen) atoms. The number of anilines is 1. The van der Waals surface area contributed by atoms with Crippen LogP contribution in [0.4, 0.5) is 5.69 Å². The van der Waals surface area contributed by atoms with Crippen molar-refractivity contribution in [2.45, 2.75) is 45.4 Å². The molecule has 0 spiro atoms. The summed E-state index contributed by atoms with van der Waals surface area (Å²) in [6.45, 7) is 5.33. The number of aromatic carboxylic acids is 1. The van der Waals surface area contributed by atoms with Gasteiger partial charge in [-0.15, -0.1) is 0 Å². The number of nitrogen functional groups attached to an aromatic ring is 1. The van der Waals surface area contributed by atoms with E-state index >= 15 is 0 Å². The van der Waals surface area contributed by atoms with E-state index in [1.807, 2.05) is 49.1 Å². The second-order valence-corrected chi connectivity index (χ2v) is 8.32. The van der Waals surface area contributed by atoms with Crippen LogP contribution < -0.4 is 10.5 Å². The van der Waals surface area contributed by atoms with Gasteiger partial charge >= 0.3 is 5.97 Å². The summed E-state index contributed by atoms with van der Waals surface area (Å²) in [5, 5.41) is 9.08. The van der Waals surface area contributed by atoms with Crippen LogP contribution in [0.1, 0.15) is 42.6 Å². The first-order valence-electron chi connectivity index (χ1n) is 10.5. The third kappa shape index (κ3) is 6.21. The topological polar surface area (TPSA) is 102 Å². The van der Waals surface area contributed by atoms with Gasteiger partial charge in [-0.25, -0.2) is 4.79 Å². The molecule has 3 rings (SSSR count). The largest absolute Gasteiger partial charge is 0.489 e. The lowest BCUT2D eigenvalue weighted by molar-refractivity contribution is -0.133. The molecule has 1 heterocycles. The molecule has 2 aromatic rings. The summed E-state index contributed by atoms with van der Waals surface area (Å²) >= 11 is 0. The number of amides is 1. The van der Waals surface area contributed by atoms with Crippen molar-refractivity contribution in [3.05, 3.63) is 59.7 Å². The second kappa shape index (κ2) is 10.3. The van der Waals surface area contributed by atoms with Gasteiger partial charge in [0.05, 0.1) is 30.0 Å². The fraction of sp³-hybridized carbons (Fsp3) is 0.417. The molecule has 7 nitrogen and oxygen atoms in total. The molecule has 0 bridgehead atoms. The number of hydrogen-bond acceptors (Lipinski definition) is 5. The highest BCUT2D eigenvalue weighted by atomic mass is 16.5. The standard InChI is InChI=1S/C24H30N2O5/c1-16(2)10-23(27)26-13-20(30-14-17-6-4-3-5-7-17)12-19(26)15-31-22-9-8-18(24(28)29)11-21(22)25/h3-9,11,16,19-20H,10,12-15,25H2,1-2H3,(H,28,29). The zero-order valence-electron chi connectivity index (χ0n) is 18.0. The van der Waals surface area contributed by atoms with E-state index in [1.165, 1.54) is 12.1 Å². The van der Waals surface area contributed by atoms with Crippen molar-refractivity contribution in [1.82, 2.24) is 4.90 Å². The summed E-state index contributed by atoms with van der Waals surface area (Å²) in [4.78, 5) is 25.7. The zero-order chi connectivity index (χ0) is 22.4. The highest BCUT2D eigenvalue weighted by molar-refractivity contribution is 5.89. The van der Waals surface area contributed by atoms with E-state index < -0.39 is 5.97 Å². The van der Waals surface area contributed by atoms with Crippen molar-refractivity contribution < 1.29 is 24.2 Å². The summed E-state index contributed by atoms with van der Waals surface area (Å²) < 4.78 is 12.0. The van der Waals surface area contributed by atoms with E-state index in [9.17, 15) is 9.59 Å². The predicted molar refractivity (Wildman–Crippen MR) is 118 cm³/mol. The maximum atomic E-state index is 12.8. The third-order valence-corrected chi connectivity index (χ3v) is 5.30. The maximum absolute atomic E-state index is 12.8. The minimum atomic E-state index is -1.04. The summed E-state index contributed by atoms with van der Waals surface area (Å²) in [5.74, 6) is -0.283. The van der Waals surface area contributed by atoms with Gasteiger partial charge in [0.2, 0.25) is 5.91 Å². The lowest BCUT2D eigenvalue weighted by Gasteiger charge is -2.25. The number of rotatable bonds is 9. The number of carboxylic acids is 1. The molecule has 2 unspecified atom stereocenters. The minimum absolute atomic E-state index is 0.0725. The molecular weight excluding hydrogens is 396 g/mol. The molecule has 1 fully saturated rings. The van der Waals surface area contributed by atoms with Crippen molar-refractivity contribution in [2.24, 2.45) is 5.92 Å². The maximum Gasteiger partial charge on any atom is 0.335 e. The van der Waals surface area contributed by atoms with Crippen molar-refractivity contribution in [3.8, 4) is 5.75 Å². The first kappa shape index (κ1) is 22.6. The fourth-order valence-electron chi connectivity index (χ4n) is 3.71. The van der Waals surface area contributed by atoms with Crippen LogP contribution in [0.5, 0.6) is 5.75 Å². The Morgan fingerprint density at radius 3 is 2.58 bits per heavy atom. The third-order valence-electron chi connectivity index (χ3n) is 5.30. The first-order chi connectivity index (χ1) is 14.8. The number of carboxylic acid groups (broad SMARTS) is 1. The van der Waals surface area contributed by atoms with Crippen molar-refractivity contribution in [2.75, 3.05) is 18.9 Å². The zero-order valence-corrected chi connectivity index (χ0v) is 18.0. The number of likely N-dealkylation sites (tertiary alicyclic amines) is 1. The van der Waals surface area contributed by atoms with Crippen LogP contribution in [0.2, 0.25) is 0 Å². The van der Waals surface area contributed by atoms with Gasteiger partial charge in [0.25, 0.3) is 0 Å². The quantitative estimate of drug-likeness (QED) is 0.594. The molecule has 1 saturated heterocycles. The van der Waals surface area contributed by atoms with Crippen LogP contribution in [0.15, 0.2) is 48.5 Å². The van der Waals surface area contributed by atoms with Crippen LogP contribution >= 0.6 is 0 Å². The summed E-state index contributed by atoms with van der Waals surface area (Å²) in [5.41, 5.74) is 7.41. The fourth-order valence-corrected chi connectivity index (χ4v) is 3.71. The second-order valence-electron chi connectivity index (χ2n) is 8.32. The molecule has 2 aromatic carbocycles. The first-order valence-corrected chi connectivity index (χ1v) is 10.5. The molecule has 0 saturated carbocycles. The number of benzene rings is 2. The van der Waals surface area contributed by atoms with Crippen molar-refractivity contribution in [1.29, 1.82) is 0 Å². The Morgan fingerprint density at radius 2 is 1.94 bits per heavy atom. The highest BCUT2D eigenvalue weighted by Crippen LogP contribution is 2.27. The van der Waals surface area contributed by atoms with Gasteiger partial charge in [-0.3, -0.25) is 4.79 Å². The normalized spacial score (nSPS) is 18.4. The Bertz CT molecular complexity index is 900. The van der Waals surface area contributed by atoms with Gasteiger partial charge in [-0.2, -0.15) is 0 Å². The van der Waals surface area contributed by atoms with E-state index in [0.717, 1.165) is 5.56 Å². The smallest absolute Gasteiger partial charge is 0.335 e. The van der Waals surface area contributed by atoms with E-state index in [1.54, 1.807) is 6.07 Å². The van der Waals surface area contributed by atoms with Crippen molar-refractivity contribution in [3.63, 3.8) is 0 Å². The summed E-state index contributed by atoms with van der Waals surface area (Å²) in [6, 6.07) is 14.2. The number of ether oxygens (including phenoxy) is 2. The Kier molecular flexibility index (Phi) is 7.52. The molecule has 166 valence electrons. The van der Waals surface area contributed by atoms with E-state index in [4.69, 9.17) is 20.3 Å². The molecule has 2 atom stereocenters. The molecule has 7 heteroatoms. The van der Waals surface area contributed by atoms with Gasteiger partial charge in [0.15, 0.2) is 0 Å². The molecule has 0 radical (unpaired) electrons. The number of carbonyl (C=O) groups excluding carboxylic acids is 1. The van der Waals surface area contributed by atoms with E-state index in [-0.39, 0.29) is 41.8 Å². The monoisotopic (exact) mass is 426 g/mol. The van der Waals surface area contributed by atoms with Gasteiger partial charge in [0.1, 0.15) is 12.4 Å². The van der Waals surface area contributed by atoms with Crippen LogP contribution in [-0.4, -0.2) is 47.2 Å². The Morgan fingerprint density at radius 1 is 1.19 bits per heavy atom. The summed E-state index contributed by atoms with van der Waals surface area (Å²) in [6.07, 6.45) is 1.07. The molecule has 3 N–H and O–H groups in total. The Labute approximate surface area is 182 Å².